The number of phenolic OH excluding ortho intramolecular Hbond substituents is 1. The number of rotatable bonds is 6. The molecule has 10 heteroatoms. The Bertz CT molecular complexity index is 1340. The Hall–Kier alpha value is -3.75. The van der Waals surface area contributed by atoms with Gasteiger partial charge in [-0.3, -0.25) is 9.59 Å². The van der Waals surface area contributed by atoms with Crippen molar-refractivity contribution in [3.8, 4) is 17.2 Å². The van der Waals surface area contributed by atoms with Crippen molar-refractivity contribution < 1.29 is 29.0 Å². The van der Waals surface area contributed by atoms with Crippen LogP contribution in [0.4, 0.5) is 5.69 Å². The number of fused-ring (bicyclic) bond motifs is 1. The first-order valence-electron chi connectivity index (χ1n) is 11.6. The Morgan fingerprint density at radius 2 is 1.78 bits per heavy atom. The smallest absolute Gasteiger partial charge is 0.397 e. The summed E-state index contributed by atoms with van der Waals surface area (Å²) < 4.78 is 10.5. The molecule has 37 heavy (non-hydrogen) atoms. The van der Waals surface area contributed by atoms with Gasteiger partial charge in [-0.05, 0) is 67.6 Å². The summed E-state index contributed by atoms with van der Waals surface area (Å²) in [6.45, 7) is 1.64. The summed E-state index contributed by atoms with van der Waals surface area (Å²) in [5, 5.41) is 15.8. The number of nitrogens with one attached hydrogen (secondary N) is 2. The maximum absolute atomic E-state index is 13.1. The highest BCUT2D eigenvalue weighted by atomic mass is 35.5. The number of ether oxygens (including phenoxy) is 2. The van der Waals surface area contributed by atoms with Crippen LogP contribution in [0.5, 0.6) is 17.2 Å². The lowest BCUT2D eigenvalue weighted by Gasteiger charge is -2.26. The Morgan fingerprint density at radius 1 is 1.05 bits per heavy atom. The number of amides is 2. The average Bonchev–Trinajstić information content (AvgIpc) is 2.87. The number of carbonyl (C=O) groups excluding carboxylic acids is 3. The molecule has 0 bridgehead atoms. The summed E-state index contributed by atoms with van der Waals surface area (Å²) in [6.07, 6.45) is 2.71. The molecule has 192 valence electrons. The van der Waals surface area contributed by atoms with E-state index in [1.165, 1.54) is 35.9 Å². The van der Waals surface area contributed by atoms with Crippen LogP contribution in [0.1, 0.15) is 47.3 Å². The third kappa shape index (κ3) is 6.15. The van der Waals surface area contributed by atoms with Crippen molar-refractivity contribution in [2.45, 2.75) is 32.2 Å². The fourth-order valence-corrected chi connectivity index (χ4v) is 4.69. The zero-order valence-corrected chi connectivity index (χ0v) is 21.4. The van der Waals surface area contributed by atoms with E-state index in [0.717, 1.165) is 24.8 Å². The van der Waals surface area contributed by atoms with Crippen molar-refractivity contribution in [3.63, 3.8) is 0 Å². The van der Waals surface area contributed by atoms with Gasteiger partial charge in [-0.2, -0.15) is 0 Å². The monoisotopic (exact) mass is 542 g/mol. The van der Waals surface area contributed by atoms with Crippen LogP contribution in [-0.2, 0) is 20.7 Å². The fraction of sp³-hybridized carbons (Fsp3) is 0.222. The second-order valence-corrected chi connectivity index (χ2v) is 9.16. The standard InChI is InChI=1S/C27H24Cl2N2O6/c1-2-36-27(35)26(34)30-16-12-20(28)24(21(29)13-16)37-17-10-11-23(32)19(14-17)25(33)31-22-9-5-7-15-6-3-4-8-18(15)22/h3-4,6,8,10-14,22,32H,2,5,7,9H2,1H3,(H,30,34)(H,31,33). The van der Waals surface area contributed by atoms with Gasteiger partial charge in [0, 0.05) is 5.69 Å². The second-order valence-electron chi connectivity index (χ2n) is 8.34. The van der Waals surface area contributed by atoms with Gasteiger partial charge in [-0.1, -0.05) is 47.5 Å². The number of anilines is 1. The van der Waals surface area contributed by atoms with Gasteiger partial charge in [0.2, 0.25) is 0 Å². The van der Waals surface area contributed by atoms with Crippen molar-refractivity contribution in [1.29, 1.82) is 0 Å². The van der Waals surface area contributed by atoms with E-state index in [0.29, 0.717) is 0 Å². The minimum Gasteiger partial charge on any atom is -0.507 e. The van der Waals surface area contributed by atoms with E-state index in [-0.39, 0.29) is 51.2 Å². The predicted octanol–water partition coefficient (Wildman–Crippen LogP) is 5.80. The number of esters is 1. The van der Waals surface area contributed by atoms with Crippen LogP contribution >= 0.6 is 23.2 Å². The van der Waals surface area contributed by atoms with E-state index < -0.39 is 17.8 Å². The Morgan fingerprint density at radius 3 is 2.51 bits per heavy atom. The van der Waals surface area contributed by atoms with E-state index in [1.807, 2.05) is 18.2 Å². The van der Waals surface area contributed by atoms with E-state index in [9.17, 15) is 19.5 Å². The highest BCUT2D eigenvalue weighted by molar-refractivity contribution is 6.39. The van der Waals surface area contributed by atoms with Crippen LogP contribution in [0.15, 0.2) is 54.6 Å². The van der Waals surface area contributed by atoms with Crippen molar-refractivity contribution >= 4 is 46.7 Å². The predicted molar refractivity (Wildman–Crippen MR) is 139 cm³/mol. The number of carbonyl (C=O) groups is 3. The number of hydrogen-bond donors (Lipinski definition) is 3. The Labute approximate surface area is 223 Å². The van der Waals surface area contributed by atoms with Gasteiger partial charge in [-0.25, -0.2) is 4.79 Å². The molecule has 1 aliphatic rings. The molecule has 0 aromatic heterocycles. The minimum absolute atomic E-state index is 0.0334. The summed E-state index contributed by atoms with van der Waals surface area (Å²) in [4.78, 5) is 36.5. The zero-order chi connectivity index (χ0) is 26.5. The van der Waals surface area contributed by atoms with Crippen LogP contribution in [-0.4, -0.2) is 29.5 Å². The number of hydrogen-bond acceptors (Lipinski definition) is 6. The second kappa shape index (κ2) is 11.5. The van der Waals surface area contributed by atoms with Gasteiger partial charge in [0.25, 0.3) is 5.91 Å². The number of benzene rings is 3. The molecule has 3 N–H and O–H groups in total. The highest BCUT2D eigenvalue weighted by Gasteiger charge is 2.24. The molecule has 0 spiro atoms. The quantitative estimate of drug-likeness (QED) is 0.268. The summed E-state index contributed by atoms with van der Waals surface area (Å²) in [7, 11) is 0. The molecule has 0 saturated heterocycles. The van der Waals surface area contributed by atoms with Gasteiger partial charge >= 0.3 is 11.9 Å². The van der Waals surface area contributed by atoms with Gasteiger partial charge in [0.15, 0.2) is 5.75 Å². The third-order valence-electron chi connectivity index (χ3n) is 5.82. The highest BCUT2D eigenvalue weighted by Crippen LogP contribution is 2.40. The molecule has 0 saturated carbocycles. The van der Waals surface area contributed by atoms with E-state index in [2.05, 4.69) is 21.4 Å². The van der Waals surface area contributed by atoms with Crippen molar-refractivity contribution in [3.05, 3.63) is 81.3 Å². The number of phenols is 1. The molecule has 4 rings (SSSR count). The van der Waals surface area contributed by atoms with Crippen molar-refractivity contribution in [2.75, 3.05) is 11.9 Å². The van der Waals surface area contributed by atoms with Crippen molar-refractivity contribution in [2.24, 2.45) is 0 Å². The zero-order valence-electron chi connectivity index (χ0n) is 19.8. The first-order chi connectivity index (χ1) is 17.8. The summed E-state index contributed by atoms with van der Waals surface area (Å²) >= 11 is 12.6. The van der Waals surface area contributed by atoms with Gasteiger partial charge in [0.05, 0.1) is 28.3 Å². The number of aryl methyl sites for hydroxylation is 1. The molecule has 0 radical (unpaired) electrons. The first-order valence-corrected chi connectivity index (χ1v) is 12.4. The normalized spacial score (nSPS) is 14.3. The maximum atomic E-state index is 13.1. The molecule has 8 nitrogen and oxygen atoms in total. The lowest BCUT2D eigenvalue weighted by atomic mass is 9.87. The number of aromatic hydroxyl groups is 1. The fourth-order valence-electron chi connectivity index (χ4n) is 4.13. The van der Waals surface area contributed by atoms with E-state index in [4.69, 9.17) is 27.9 Å². The molecule has 0 aliphatic heterocycles. The van der Waals surface area contributed by atoms with Gasteiger partial charge in [0.1, 0.15) is 11.5 Å². The molecule has 0 fully saturated rings. The summed E-state index contributed by atoms with van der Waals surface area (Å²) in [5.74, 6) is -2.39. The molecular formula is C27H24Cl2N2O6. The molecular weight excluding hydrogens is 519 g/mol. The maximum Gasteiger partial charge on any atom is 0.397 e. The molecule has 0 heterocycles. The lowest BCUT2D eigenvalue weighted by molar-refractivity contribution is -0.152. The molecule has 1 aliphatic carbocycles. The molecule has 3 aromatic carbocycles. The molecule has 1 atom stereocenters. The third-order valence-corrected chi connectivity index (χ3v) is 6.39. The topological polar surface area (TPSA) is 114 Å². The van der Waals surface area contributed by atoms with Gasteiger partial charge in [-0.15, -0.1) is 0 Å². The molecule has 3 aromatic rings. The van der Waals surface area contributed by atoms with Crippen LogP contribution in [0.25, 0.3) is 0 Å². The minimum atomic E-state index is -1.04. The summed E-state index contributed by atoms with van der Waals surface area (Å²) in [5.41, 5.74) is 2.47. The van der Waals surface area contributed by atoms with Crippen LogP contribution in [0, 0.1) is 0 Å². The van der Waals surface area contributed by atoms with Crippen molar-refractivity contribution in [1.82, 2.24) is 5.32 Å². The first kappa shape index (κ1) is 26.3. The van der Waals surface area contributed by atoms with Crippen LogP contribution < -0.4 is 15.4 Å². The average molecular weight is 543 g/mol. The lowest BCUT2D eigenvalue weighted by Crippen LogP contribution is -2.31. The van der Waals surface area contributed by atoms with E-state index >= 15 is 0 Å². The van der Waals surface area contributed by atoms with Crippen LogP contribution in [0.2, 0.25) is 10.0 Å². The molecule has 1 unspecified atom stereocenters. The Kier molecular flexibility index (Phi) is 8.21. The van der Waals surface area contributed by atoms with Gasteiger partial charge < -0.3 is 25.2 Å². The van der Waals surface area contributed by atoms with Crippen LogP contribution in [0.3, 0.4) is 0 Å². The van der Waals surface area contributed by atoms with E-state index in [1.54, 1.807) is 6.92 Å². The SMILES string of the molecule is CCOC(=O)C(=O)Nc1cc(Cl)c(Oc2ccc(O)c(C(=O)NC3CCCc4ccccc43)c2)c(Cl)c1. The Balaban J connectivity index is 1.51. The summed E-state index contributed by atoms with van der Waals surface area (Å²) in [6, 6.07) is 14.7. The molecule has 2 amide bonds. The number of halogens is 2. The largest absolute Gasteiger partial charge is 0.507 e.